The number of hydrogen-bond acceptors (Lipinski definition) is 2. The van der Waals surface area contributed by atoms with E-state index in [4.69, 9.17) is 10.5 Å². The number of ether oxygens (including phenoxy) is 1. The van der Waals surface area contributed by atoms with Gasteiger partial charge >= 0.3 is 0 Å². The molecule has 2 nitrogen and oxygen atoms in total. The average molecular weight is 211 g/mol. The Morgan fingerprint density at radius 1 is 1.27 bits per heavy atom. The maximum atomic E-state index is 12.1. The molecule has 15 heavy (non-hydrogen) atoms. The van der Waals surface area contributed by atoms with Crippen molar-refractivity contribution in [1.82, 2.24) is 0 Å². The number of halogens is 1. The van der Waals surface area contributed by atoms with Crippen molar-refractivity contribution in [2.75, 3.05) is 6.67 Å². The molecular formula is C12H18FNO. The normalized spacial score (nSPS) is 12.9. The SMILES string of the molecule is CC(C)Oc1ccc([C@@H](N)CCF)cc1. The van der Waals surface area contributed by atoms with Gasteiger partial charge in [0.25, 0.3) is 0 Å². The van der Waals surface area contributed by atoms with Crippen molar-refractivity contribution >= 4 is 0 Å². The third-order valence-electron chi connectivity index (χ3n) is 2.10. The maximum Gasteiger partial charge on any atom is 0.119 e. The van der Waals surface area contributed by atoms with Gasteiger partial charge in [-0.05, 0) is 38.0 Å². The highest BCUT2D eigenvalue weighted by Gasteiger charge is 2.05. The molecule has 0 aromatic heterocycles. The summed E-state index contributed by atoms with van der Waals surface area (Å²) in [6.45, 7) is 3.57. The van der Waals surface area contributed by atoms with Gasteiger partial charge < -0.3 is 10.5 Å². The molecule has 1 atom stereocenters. The number of hydrogen-bond donors (Lipinski definition) is 1. The molecule has 2 N–H and O–H groups in total. The molecule has 0 bridgehead atoms. The predicted molar refractivity (Wildman–Crippen MR) is 59.7 cm³/mol. The summed E-state index contributed by atoms with van der Waals surface area (Å²) >= 11 is 0. The molecule has 0 aliphatic rings. The van der Waals surface area contributed by atoms with Crippen LogP contribution in [0.4, 0.5) is 4.39 Å². The molecule has 0 heterocycles. The van der Waals surface area contributed by atoms with Crippen molar-refractivity contribution in [3.8, 4) is 5.75 Å². The Morgan fingerprint density at radius 2 is 1.87 bits per heavy atom. The second-order valence-corrected chi connectivity index (χ2v) is 3.82. The van der Waals surface area contributed by atoms with Crippen LogP contribution in [-0.4, -0.2) is 12.8 Å². The van der Waals surface area contributed by atoms with E-state index in [2.05, 4.69) is 0 Å². The Hall–Kier alpha value is -1.09. The number of nitrogens with two attached hydrogens (primary N) is 1. The van der Waals surface area contributed by atoms with Gasteiger partial charge in [-0.25, -0.2) is 0 Å². The minimum atomic E-state index is -0.384. The fourth-order valence-electron chi connectivity index (χ4n) is 1.35. The molecule has 0 saturated heterocycles. The quantitative estimate of drug-likeness (QED) is 0.812. The van der Waals surface area contributed by atoms with Crippen molar-refractivity contribution in [2.24, 2.45) is 5.73 Å². The molecule has 0 amide bonds. The Balaban J connectivity index is 2.63. The van der Waals surface area contributed by atoms with Crippen molar-refractivity contribution in [2.45, 2.75) is 32.4 Å². The first-order valence-electron chi connectivity index (χ1n) is 5.21. The Labute approximate surface area is 90.2 Å². The molecule has 0 aliphatic heterocycles. The highest BCUT2D eigenvalue weighted by atomic mass is 19.1. The van der Waals surface area contributed by atoms with Gasteiger partial charge in [-0.1, -0.05) is 12.1 Å². The van der Waals surface area contributed by atoms with Crippen LogP contribution in [0.3, 0.4) is 0 Å². The lowest BCUT2D eigenvalue weighted by atomic mass is 10.1. The fraction of sp³-hybridized carbons (Fsp3) is 0.500. The smallest absolute Gasteiger partial charge is 0.119 e. The first-order valence-corrected chi connectivity index (χ1v) is 5.21. The summed E-state index contributed by atoms with van der Waals surface area (Å²) in [7, 11) is 0. The lowest BCUT2D eigenvalue weighted by Crippen LogP contribution is -2.11. The van der Waals surface area contributed by atoms with Gasteiger partial charge in [0.15, 0.2) is 0 Å². The minimum absolute atomic E-state index is 0.162. The molecule has 3 heteroatoms. The molecule has 84 valence electrons. The predicted octanol–water partition coefficient (Wildman–Crippen LogP) is 2.83. The van der Waals surface area contributed by atoms with E-state index in [0.717, 1.165) is 11.3 Å². The van der Waals surface area contributed by atoms with Gasteiger partial charge in [0.2, 0.25) is 0 Å². The van der Waals surface area contributed by atoms with E-state index in [1.54, 1.807) is 0 Å². The zero-order valence-corrected chi connectivity index (χ0v) is 9.24. The van der Waals surface area contributed by atoms with Crippen LogP contribution < -0.4 is 10.5 Å². The van der Waals surface area contributed by atoms with Gasteiger partial charge in [0.1, 0.15) is 5.75 Å². The van der Waals surface area contributed by atoms with Gasteiger partial charge in [-0.15, -0.1) is 0 Å². The summed E-state index contributed by atoms with van der Waals surface area (Å²) in [4.78, 5) is 0. The summed E-state index contributed by atoms with van der Waals surface area (Å²) in [6.07, 6.45) is 0.528. The van der Waals surface area contributed by atoms with E-state index < -0.39 is 0 Å². The zero-order chi connectivity index (χ0) is 11.3. The molecule has 0 unspecified atom stereocenters. The molecule has 0 fully saturated rings. The standard InChI is InChI=1S/C12H18FNO/c1-9(2)15-11-5-3-10(4-6-11)12(14)7-8-13/h3-6,9,12H,7-8,14H2,1-2H3/t12-/m0/s1. The summed E-state index contributed by atoms with van der Waals surface area (Å²) in [5, 5.41) is 0. The molecule has 0 saturated carbocycles. The third-order valence-corrected chi connectivity index (χ3v) is 2.10. The van der Waals surface area contributed by atoms with Crippen LogP contribution >= 0.6 is 0 Å². The van der Waals surface area contributed by atoms with Crippen LogP contribution in [-0.2, 0) is 0 Å². The monoisotopic (exact) mass is 211 g/mol. The van der Waals surface area contributed by atoms with Crippen molar-refractivity contribution in [1.29, 1.82) is 0 Å². The topological polar surface area (TPSA) is 35.2 Å². The molecule has 0 radical (unpaired) electrons. The van der Waals surface area contributed by atoms with Crippen LogP contribution in [0.5, 0.6) is 5.75 Å². The van der Waals surface area contributed by atoms with E-state index >= 15 is 0 Å². The summed E-state index contributed by atoms with van der Waals surface area (Å²) in [5.41, 5.74) is 6.72. The van der Waals surface area contributed by atoms with E-state index in [0.29, 0.717) is 6.42 Å². The molecule has 1 aromatic rings. The summed E-state index contributed by atoms with van der Waals surface area (Å²) in [5.74, 6) is 0.821. The largest absolute Gasteiger partial charge is 0.491 e. The second kappa shape index (κ2) is 5.71. The lowest BCUT2D eigenvalue weighted by Gasteiger charge is -2.12. The van der Waals surface area contributed by atoms with Gasteiger partial charge in [-0.2, -0.15) is 0 Å². The van der Waals surface area contributed by atoms with E-state index in [1.807, 2.05) is 38.1 Å². The number of alkyl halides is 1. The first-order chi connectivity index (χ1) is 7.13. The van der Waals surface area contributed by atoms with Gasteiger partial charge in [0.05, 0.1) is 12.8 Å². The number of rotatable bonds is 5. The second-order valence-electron chi connectivity index (χ2n) is 3.82. The Morgan fingerprint density at radius 3 is 2.33 bits per heavy atom. The molecular weight excluding hydrogens is 193 g/mol. The Kier molecular flexibility index (Phi) is 4.56. The van der Waals surface area contributed by atoms with Crippen molar-refractivity contribution in [3.63, 3.8) is 0 Å². The molecule has 1 rings (SSSR count). The third kappa shape index (κ3) is 3.88. The van der Waals surface area contributed by atoms with Crippen LogP contribution in [0.2, 0.25) is 0 Å². The van der Waals surface area contributed by atoms with Gasteiger partial charge in [-0.3, -0.25) is 4.39 Å². The van der Waals surface area contributed by atoms with Crippen LogP contribution in [0.15, 0.2) is 24.3 Å². The van der Waals surface area contributed by atoms with Gasteiger partial charge in [0, 0.05) is 6.04 Å². The lowest BCUT2D eigenvalue weighted by molar-refractivity contribution is 0.242. The number of benzene rings is 1. The van der Waals surface area contributed by atoms with E-state index in [9.17, 15) is 4.39 Å². The average Bonchev–Trinajstić information content (AvgIpc) is 2.18. The summed E-state index contributed by atoms with van der Waals surface area (Å²) in [6, 6.07) is 7.29. The van der Waals surface area contributed by atoms with Crippen LogP contribution in [0.25, 0.3) is 0 Å². The van der Waals surface area contributed by atoms with E-state index in [1.165, 1.54) is 0 Å². The fourth-order valence-corrected chi connectivity index (χ4v) is 1.35. The molecule has 0 aliphatic carbocycles. The first kappa shape index (κ1) is 12.0. The summed E-state index contributed by atoms with van der Waals surface area (Å²) < 4.78 is 17.6. The molecule has 1 aromatic carbocycles. The highest BCUT2D eigenvalue weighted by Crippen LogP contribution is 2.19. The van der Waals surface area contributed by atoms with Crippen LogP contribution in [0.1, 0.15) is 31.9 Å². The minimum Gasteiger partial charge on any atom is -0.491 e. The van der Waals surface area contributed by atoms with Crippen molar-refractivity contribution in [3.05, 3.63) is 29.8 Å². The highest BCUT2D eigenvalue weighted by molar-refractivity contribution is 5.29. The van der Waals surface area contributed by atoms with Crippen LogP contribution in [0, 0.1) is 0 Å². The van der Waals surface area contributed by atoms with E-state index in [-0.39, 0.29) is 18.8 Å². The maximum absolute atomic E-state index is 12.1. The molecule has 0 spiro atoms. The van der Waals surface area contributed by atoms with Crippen molar-refractivity contribution < 1.29 is 9.13 Å². The zero-order valence-electron chi connectivity index (χ0n) is 9.24. The Bertz CT molecular complexity index is 284.